The van der Waals surface area contributed by atoms with Gasteiger partial charge in [0.2, 0.25) is 0 Å². The van der Waals surface area contributed by atoms with Gasteiger partial charge < -0.3 is 4.55 Å². The van der Waals surface area contributed by atoms with Crippen LogP contribution < -0.4 is 0 Å². The van der Waals surface area contributed by atoms with E-state index in [1.807, 2.05) is 0 Å². The SMILES string of the molecule is O=[N+]([O-])c1cnc(Cl)c(S(=O)O)c1. The molecule has 0 aliphatic heterocycles. The number of hydrogen-bond donors (Lipinski definition) is 1. The first kappa shape index (κ1) is 10.0. The van der Waals surface area contributed by atoms with E-state index in [1.165, 1.54) is 0 Å². The topological polar surface area (TPSA) is 93.3 Å². The Morgan fingerprint density at radius 2 is 2.31 bits per heavy atom. The Morgan fingerprint density at radius 3 is 2.77 bits per heavy atom. The lowest BCUT2D eigenvalue weighted by Crippen LogP contribution is -1.95. The first-order valence-electron chi connectivity index (χ1n) is 2.93. The third-order valence-electron chi connectivity index (χ3n) is 1.19. The summed E-state index contributed by atoms with van der Waals surface area (Å²) in [5, 5.41) is 10.0. The van der Waals surface area contributed by atoms with E-state index < -0.39 is 16.0 Å². The van der Waals surface area contributed by atoms with E-state index in [9.17, 15) is 14.3 Å². The molecule has 0 spiro atoms. The number of rotatable bonds is 2. The molecule has 13 heavy (non-hydrogen) atoms. The van der Waals surface area contributed by atoms with E-state index in [0.717, 1.165) is 12.3 Å². The molecule has 0 aromatic carbocycles. The van der Waals surface area contributed by atoms with Gasteiger partial charge in [-0.15, -0.1) is 0 Å². The molecule has 8 heteroatoms. The van der Waals surface area contributed by atoms with Crippen LogP contribution in [0.5, 0.6) is 0 Å². The highest BCUT2D eigenvalue weighted by Crippen LogP contribution is 2.21. The van der Waals surface area contributed by atoms with Crippen molar-refractivity contribution in [3.8, 4) is 0 Å². The highest BCUT2D eigenvalue weighted by Gasteiger charge is 2.14. The number of aromatic nitrogens is 1. The molecular formula is C5H3ClN2O4S. The van der Waals surface area contributed by atoms with Crippen LogP contribution in [-0.2, 0) is 11.1 Å². The summed E-state index contributed by atoms with van der Waals surface area (Å²) in [7, 11) is 0. The number of nitrogens with zero attached hydrogens (tertiary/aromatic N) is 2. The molecule has 0 bridgehead atoms. The van der Waals surface area contributed by atoms with Gasteiger partial charge in [0.15, 0.2) is 11.1 Å². The molecular weight excluding hydrogens is 220 g/mol. The zero-order valence-corrected chi connectivity index (χ0v) is 7.58. The summed E-state index contributed by atoms with van der Waals surface area (Å²) in [6.45, 7) is 0. The summed E-state index contributed by atoms with van der Waals surface area (Å²) >= 11 is 3.04. The largest absolute Gasteiger partial charge is 0.302 e. The Kier molecular flexibility index (Phi) is 2.91. The van der Waals surface area contributed by atoms with E-state index in [1.54, 1.807) is 0 Å². The maximum Gasteiger partial charge on any atom is 0.288 e. The predicted octanol–water partition coefficient (Wildman–Crippen LogP) is 1.22. The molecule has 0 saturated carbocycles. The maximum absolute atomic E-state index is 10.6. The molecule has 0 amide bonds. The maximum atomic E-state index is 10.6. The van der Waals surface area contributed by atoms with Gasteiger partial charge in [-0.25, -0.2) is 9.19 Å². The van der Waals surface area contributed by atoms with Crippen molar-refractivity contribution >= 4 is 28.4 Å². The van der Waals surface area contributed by atoms with Gasteiger partial charge in [0.25, 0.3) is 5.69 Å². The van der Waals surface area contributed by atoms with Crippen molar-refractivity contribution in [2.75, 3.05) is 0 Å². The summed E-state index contributed by atoms with van der Waals surface area (Å²) in [4.78, 5) is 12.6. The highest BCUT2D eigenvalue weighted by atomic mass is 35.5. The number of hydrogen-bond acceptors (Lipinski definition) is 4. The molecule has 0 aliphatic rings. The highest BCUT2D eigenvalue weighted by molar-refractivity contribution is 7.79. The van der Waals surface area contributed by atoms with Crippen molar-refractivity contribution in [3.63, 3.8) is 0 Å². The molecule has 1 heterocycles. The minimum atomic E-state index is -2.37. The summed E-state index contributed by atoms with van der Waals surface area (Å²) < 4.78 is 19.2. The second-order valence-corrected chi connectivity index (χ2v) is 3.28. The fraction of sp³-hybridized carbons (Fsp3) is 0. The van der Waals surface area contributed by atoms with Gasteiger partial charge in [-0.05, 0) is 0 Å². The van der Waals surface area contributed by atoms with Gasteiger partial charge in [-0.2, -0.15) is 0 Å². The first-order chi connectivity index (χ1) is 6.02. The van der Waals surface area contributed by atoms with Crippen LogP contribution in [0.3, 0.4) is 0 Å². The monoisotopic (exact) mass is 222 g/mol. The fourth-order valence-electron chi connectivity index (χ4n) is 0.640. The van der Waals surface area contributed by atoms with E-state index in [4.69, 9.17) is 16.2 Å². The van der Waals surface area contributed by atoms with Gasteiger partial charge in [-0.1, -0.05) is 11.6 Å². The van der Waals surface area contributed by atoms with Crippen molar-refractivity contribution in [1.82, 2.24) is 4.98 Å². The van der Waals surface area contributed by atoms with E-state index in [-0.39, 0.29) is 15.7 Å². The molecule has 1 aromatic rings. The average Bonchev–Trinajstić information content (AvgIpc) is 2.04. The molecule has 1 unspecified atom stereocenters. The lowest BCUT2D eigenvalue weighted by molar-refractivity contribution is -0.385. The first-order valence-corrected chi connectivity index (χ1v) is 4.41. The minimum Gasteiger partial charge on any atom is -0.302 e. The average molecular weight is 223 g/mol. The van der Waals surface area contributed by atoms with Gasteiger partial charge >= 0.3 is 0 Å². The Morgan fingerprint density at radius 1 is 1.69 bits per heavy atom. The van der Waals surface area contributed by atoms with Crippen LogP contribution in [0, 0.1) is 10.1 Å². The number of halogens is 1. The Balaban J connectivity index is 3.27. The summed E-state index contributed by atoms with van der Waals surface area (Å²) in [5.74, 6) is 0. The van der Waals surface area contributed by atoms with Crippen LogP contribution in [0.1, 0.15) is 0 Å². The minimum absolute atomic E-state index is 0.216. The Labute approximate surface area is 80.0 Å². The second-order valence-electron chi connectivity index (χ2n) is 1.99. The van der Waals surface area contributed by atoms with Crippen molar-refractivity contribution in [2.24, 2.45) is 0 Å². The second kappa shape index (κ2) is 3.77. The quantitative estimate of drug-likeness (QED) is 0.351. The molecule has 0 aliphatic carbocycles. The van der Waals surface area contributed by atoms with Gasteiger partial charge in [0.1, 0.15) is 16.2 Å². The zero-order valence-electron chi connectivity index (χ0n) is 6.01. The van der Waals surface area contributed by atoms with Gasteiger partial charge in [0, 0.05) is 6.07 Å². The Hall–Kier alpha value is -1.05. The van der Waals surface area contributed by atoms with E-state index in [2.05, 4.69) is 4.98 Å². The van der Waals surface area contributed by atoms with Crippen molar-refractivity contribution in [3.05, 3.63) is 27.5 Å². The van der Waals surface area contributed by atoms with Crippen LogP contribution in [0.25, 0.3) is 0 Å². The number of nitro groups is 1. The molecule has 0 fully saturated rings. The molecule has 1 N–H and O–H groups in total. The lowest BCUT2D eigenvalue weighted by atomic mass is 10.4. The third kappa shape index (κ3) is 2.20. The molecule has 0 saturated heterocycles. The Bertz CT molecular complexity index is 383. The van der Waals surface area contributed by atoms with Crippen LogP contribution in [0.15, 0.2) is 17.2 Å². The molecule has 6 nitrogen and oxygen atoms in total. The normalized spacial score (nSPS) is 12.5. The van der Waals surface area contributed by atoms with Gasteiger partial charge in [-0.3, -0.25) is 10.1 Å². The van der Waals surface area contributed by atoms with Crippen molar-refractivity contribution in [1.29, 1.82) is 0 Å². The van der Waals surface area contributed by atoms with Crippen LogP contribution in [0.4, 0.5) is 5.69 Å². The van der Waals surface area contributed by atoms with Crippen LogP contribution in [0.2, 0.25) is 5.15 Å². The van der Waals surface area contributed by atoms with Crippen molar-refractivity contribution < 1.29 is 13.7 Å². The molecule has 0 radical (unpaired) electrons. The molecule has 1 aromatic heterocycles. The van der Waals surface area contributed by atoms with Crippen molar-refractivity contribution in [2.45, 2.75) is 4.90 Å². The summed E-state index contributed by atoms with van der Waals surface area (Å²) in [6.07, 6.45) is 0.915. The predicted molar refractivity (Wildman–Crippen MR) is 44.9 cm³/mol. The van der Waals surface area contributed by atoms with E-state index in [0.29, 0.717) is 0 Å². The zero-order chi connectivity index (χ0) is 10.0. The smallest absolute Gasteiger partial charge is 0.288 e. The standard InChI is InChI=1S/C5H3ClN2O4S/c6-5-4(13(11)12)1-3(2-7-5)8(9)10/h1-2H,(H,11,12). The third-order valence-corrected chi connectivity index (χ3v) is 2.29. The summed E-state index contributed by atoms with van der Waals surface area (Å²) in [5.41, 5.74) is -0.373. The van der Waals surface area contributed by atoms with Crippen LogP contribution in [-0.4, -0.2) is 18.7 Å². The van der Waals surface area contributed by atoms with E-state index >= 15 is 0 Å². The summed E-state index contributed by atoms with van der Waals surface area (Å²) in [6, 6.07) is 0.908. The van der Waals surface area contributed by atoms with Gasteiger partial charge in [0.05, 0.1) is 4.92 Å². The van der Waals surface area contributed by atoms with Crippen LogP contribution >= 0.6 is 11.6 Å². The molecule has 1 rings (SSSR count). The fourth-order valence-corrected chi connectivity index (χ4v) is 1.36. The lowest BCUT2D eigenvalue weighted by Gasteiger charge is -1.96. The molecule has 70 valence electrons. The molecule has 1 atom stereocenters. The number of pyridine rings is 1.